The van der Waals surface area contributed by atoms with Crippen molar-refractivity contribution in [1.82, 2.24) is 9.03 Å². The van der Waals surface area contributed by atoms with Crippen LogP contribution in [0.5, 0.6) is 0 Å². The number of carbonyl (C=O) groups is 1. The van der Waals surface area contributed by atoms with Crippen LogP contribution < -0.4 is 4.72 Å². The molecule has 1 N–H and O–H groups in total. The first-order valence-electron chi connectivity index (χ1n) is 7.02. The second-order valence-corrected chi connectivity index (χ2v) is 6.65. The summed E-state index contributed by atoms with van der Waals surface area (Å²) in [5.74, 6) is 0. The SMILES string of the molecule is COC[C@@H]1CCCN1S(=O)(=O)NC(=O)OCc1ccccc1. The molecular weight excluding hydrogens is 308 g/mol. The molecule has 7 nitrogen and oxygen atoms in total. The first kappa shape index (κ1) is 16.7. The molecule has 1 aliphatic rings. The molecule has 1 amide bonds. The summed E-state index contributed by atoms with van der Waals surface area (Å²) < 4.78 is 37.5. The molecule has 1 fully saturated rings. The predicted octanol–water partition coefficient (Wildman–Crippen LogP) is 1.27. The highest BCUT2D eigenvalue weighted by Gasteiger charge is 2.35. The Labute approximate surface area is 130 Å². The first-order valence-corrected chi connectivity index (χ1v) is 8.46. The molecule has 1 saturated heterocycles. The van der Waals surface area contributed by atoms with Gasteiger partial charge in [-0.3, -0.25) is 0 Å². The van der Waals surface area contributed by atoms with E-state index in [1.807, 2.05) is 22.9 Å². The van der Waals surface area contributed by atoms with Crippen molar-refractivity contribution in [3.63, 3.8) is 0 Å². The van der Waals surface area contributed by atoms with Crippen molar-refractivity contribution < 1.29 is 22.7 Å². The fourth-order valence-electron chi connectivity index (χ4n) is 2.40. The summed E-state index contributed by atoms with van der Waals surface area (Å²) >= 11 is 0. The number of hydrogen-bond donors (Lipinski definition) is 1. The standard InChI is InChI=1S/C14H20N2O5S/c1-20-11-13-8-5-9-16(13)22(18,19)15-14(17)21-10-12-6-3-2-4-7-12/h2-4,6-7,13H,5,8-11H2,1H3,(H,15,17)/t13-/m0/s1. The van der Waals surface area contributed by atoms with Gasteiger partial charge in [0.25, 0.3) is 0 Å². The van der Waals surface area contributed by atoms with Crippen LogP contribution in [-0.4, -0.2) is 45.1 Å². The fourth-order valence-corrected chi connectivity index (χ4v) is 3.72. The highest BCUT2D eigenvalue weighted by Crippen LogP contribution is 2.20. The Hall–Kier alpha value is -1.64. The molecule has 0 radical (unpaired) electrons. The molecule has 0 unspecified atom stereocenters. The molecule has 1 aromatic rings. The number of ether oxygens (including phenoxy) is 2. The zero-order chi connectivity index (χ0) is 16.0. The van der Waals surface area contributed by atoms with Gasteiger partial charge in [-0.2, -0.15) is 12.7 Å². The van der Waals surface area contributed by atoms with Crippen LogP contribution in [0, 0.1) is 0 Å². The summed E-state index contributed by atoms with van der Waals surface area (Å²) in [5, 5.41) is 0. The van der Waals surface area contributed by atoms with Gasteiger partial charge in [-0.25, -0.2) is 9.52 Å². The molecule has 1 heterocycles. The van der Waals surface area contributed by atoms with E-state index in [-0.39, 0.29) is 12.6 Å². The van der Waals surface area contributed by atoms with Crippen molar-refractivity contribution in [1.29, 1.82) is 0 Å². The average molecular weight is 328 g/mol. The number of nitrogens with one attached hydrogen (secondary N) is 1. The Balaban J connectivity index is 1.89. The van der Waals surface area contributed by atoms with Crippen LogP contribution in [0.25, 0.3) is 0 Å². The lowest BCUT2D eigenvalue weighted by atomic mass is 10.2. The Bertz CT molecular complexity index is 591. The average Bonchev–Trinajstić information content (AvgIpc) is 2.95. The van der Waals surface area contributed by atoms with Crippen molar-refractivity contribution in [3.05, 3.63) is 35.9 Å². The quantitative estimate of drug-likeness (QED) is 0.850. The molecule has 0 saturated carbocycles. The van der Waals surface area contributed by atoms with Gasteiger partial charge in [0, 0.05) is 19.7 Å². The second-order valence-electron chi connectivity index (χ2n) is 5.03. The van der Waals surface area contributed by atoms with E-state index in [1.165, 1.54) is 11.4 Å². The molecule has 0 spiro atoms. The van der Waals surface area contributed by atoms with Crippen molar-refractivity contribution in [2.75, 3.05) is 20.3 Å². The van der Waals surface area contributed by atoms with Crippen LogP contribution >= 0.6 is 0 Å². The number of carbonyl (C=O) groups excluding carboxylic acids is 1. The van der Waals surface area contributed by atoms with Crippen LogP contribution in [0.1, 0.15) is 18.4 Å². The van der Waals surface area contributed by atoms with Crippen LogP contribution in [0.15, 0.2) is 30.3 Å². The fraction of sp³-hybridized carbons (Fsp3) is 0.500. The molecule has 1 aliphatic heterocycles. The molecule has 8 heteroatoms. The van der Waals surface area contributed by atoms with Gasteiger partial charge in [0.05, 0.1) is 6.61 Å². The zero-order valence-corrected chi connectivity index (χ0v) is 13.2. The summed E-state index contributed by atoms with van der Waals surface area (Å²) in [7, 11) is -2.39. The van der Waals surface area contributed by atoms with Gasteiger partial charge in [0.2, 0.25) is 0 Å². The van der Waals surface area contributed by atoms with Crippen molar-refractivity contribution in [2.24, 2.45) is 0 Å². The van der Waals surface area contributed by atoms with E-state index in [0.717, 1.165) is 12.0 Å². The molecule has 2 rings (SSSR count). The van der Waals surface area contributed by atoms with E-state index in [2.05, 4.69) is 0 Å². The second kappa shape index (κ2) is 7.57. The lowest BCUT2D eigenvalue weighted by molar-refractivity contribution is 0.140. The third-order valence-corrected chi connectivity index (χ3v) is 4.94. The Morgan fingerprint density at radius 2 is 2.09 bits per heavy atom. The van der Waals surface area contributed by atoms with Gasteiger partial charge in [0.15, 0.2) is 0 Å². The minimum atomic E-state index is -3.91. The Morgan fingerprint density at radius 3 is 2.77 bits per heavy atom. The Morgan fingerprint density at radius 1 is 1.36 bits per heavy atom. The smallest absolute Gasteiger partial charge is 0.422 e. The van der Waals surface area contributed by atoms with Gasteiger partial charge < -0.3 is 9.47 Å². The highest BCUT2D eigenvalue weighted by molar-refractivity contribution is 7.87. The van der Waals surface area contributed by atoms with E-state index >= 15 is 0 Å². The first-order chi connectivity index (χ1) is 10.5. The maximum absolute atomic E-state index is 12.2. The number of rotatable bonds is 6. The monoisotopic (exact) mass is 328 g/mol. The number of benzene rings is 1. The number of nitrogens with zero attached hydrogens (tertiary/aromatic N) is 1. The molecule has 1 aromatic carbocycles. The largest absolute Gasteiger partial charge is 0.444 e. The minimum absolute atomic E-state index is 0.0176. The van der Waals surface area contributed by atoms with E-state index < -0.39 is 16.3 Å². The van der Waals surface area contributed by atoms with Crippen LogP contribution in [0.3, 0.4) is 0 Å². The van der Waals surface area contributed by atoms with E-state index in [4.69, 9.17) is 9.47 Å². The topological polar surface area (TPSA) is 84.9 Å². The van der Waals surface area contributed by atoms with Gasteiger partial charge in [-0.15, -0.1) is 0 Å². The van der Waals surface area contributed by atoms with Crippen LogP contribution in [0.2, 0.25) is 0 Å². The lowest BCUT2D eigenvalue weighted by Crippen LogP contribution is -2.47. The maximum Gasteiger partial charge on any atom is 0.422 e. The zero-order valence-electron chi connectivity index (χ0n) is 12.4. The summed E-state index contributed by atoms with van der Waals surface area (Å²) in [5.41, 5.74) is 0.786. The summed E-state index contributed by atoms with van der Waals surface area (Å²) in [4.78, 5) is 11.7. The number of hydrogen-bond acceptors (Lipinski definition) is 5. The van der Waals surface area contributed by atoms with E-state index in [9.17, 15) is 13.2 Å². The molecule has 1 atom stereocenters. The third-order valence-electron chi connectivity index (χ3n) is 3.42. The van der Waals surface area contributed by atoms with Gasteiger partial charge in [-0.05, 0) is 18.4 Å². The highest BCUT2D eigenvalue weighted by atomic mass is 32.2. The normalized spacial score (nSPS) is 19.0. The summed E-state index contributed by atoms with van der Waals surface area (Å²) in [6.45, 7) is 0.693. The molecule has 0 aliphatic carbocycles. The van der Waals surface area contributed by atoms with Crippen LogP contribution in [0.4, 0.5) is 4.79 Å². The van der Waals surface area contributed by atoms with E-state index in [0.29, 0.717) is 19.6 Å². The molecule has 0 bridgehead atoms. The van der Waals surface area contributed by atoms with Crippen LogP contribution in [-0.2, 0) is 26.3 Å². The van der Waals surface area contributed by atoms with Gasteiger partial charge in [-0.1, -0.05) is 30.3 Å². The molecule has 0 aromatic heterocycles. The van der Waals surface area contributed by atoms with Gasteiger partial charge in [0.1, 0.15) is 6.61 Å². The lowest BCUT2D eigenvalue weighted by Gasteiger charge is -2.23. The third kappa shape index (κ3) is 4.43. The summed E-state index contributed by atoms with van der Waals surface area (Å²) in [6, 6.07) is 8.80. The van der Waals surface area contributed by atoms with E-state index in [1.54, 1.807) is 12.1 Å². The van der Waals surface area contributed by atoms with Crippen molar-refractivity contribution >= 4 is 16.3 Å². The molecular formula is C14H20N2O5S. The molecule has 122 valence electrons. The minimum Gasteiger partial charge on any atom is -0.444 e. The van der Waals surface area contributed by atoms with Crippen molar-refractivity contribution in [3.8, 4) is 0 Å². The summed E-state index contributed by atoms with van der Waals surface area (Å²) in [6.07, 6.45) is 0.480. The number of amides is 1. The Kier molecular flexibility index (Phi) is 5.76. The van der Waals surface area contributed by atoms with Crippen molar-refractivity contribution in [2.45, 2.75) is 25.5 Å². The predicted molar refractivity (Wildman–Crippen MR) is 80.3 cm³/mol. The number of methoxy groups -OCH3 is 1. The maximum atomic E-state index is 12.2. The molecule has 22 heavy (non-hydrogen) atoms. The van der Waals surface area contributed by atoms with Gasteiger partial charge >= 0.3 is 16.3 Å².